The molecule has 0 unspecified atom stereocenters. The van der Waals surface area contributed by atoms with Crippen molar-refractivity contribution in [1.29, 1.82) is 0 Å². The zero-order chi connectivity index (χ0) is 7.56. The number of benzene rings is 1. The van der Waals surface area contributed by atoms with Crippen molar-refractivity contribution in [2.24, 2.45) is 0 Å². The van der Waals surface area contributed by atoms with E-state index in [-0.39, 0.29) is 9.52 Å². The molecule has 0 saturated heterocycles. The molecule has 0 atom stereocenters. The Hall–Kier alpha value is 0.0169. The Kier molecular flexibility index (Phi) is 2.78. The molecule has 0 nitrogen and oxygen atoms in total. The first-order chi connectivity index (χ1) is 4.75. The quantitative estimate of drug-likeness (QED) is 0.594. The lowest BCUT2D eigenvalue weighted by molar-refractivity contribution is 1.76. The van der Waals surface area contributed by atoms with E-state index in [1.165, 1.54) is 5.19 Å². The maximum absolute atomic E-state index is 5.90. The molecule has 0 spiro atoms. The summed E-state index contributed by atoms with van der Waals surface area (Å²) in [6, 6.07) is 5.80. The highest BCUT2D eigenvalue weighted by Crippen LogP contribution is 2.17. The van der Waals surface area contributed by atoms with Crippen molar-refractivity contribution in [2.45, 2.75) is 6.55 Å². The minimum absolute atomic E-state index is 0.175. The van der Waals surface area contributed by atoms with Crippen LogP contribution < -0.4 is 5.19 Å². The molecule has 0 heterocycles. The van der Waals surface area contributed by atoms with Crippen LogP contribution in [0.3, 0.4) is 0 Å². The summed E-state index contributed by atoms with van der Waals surface area (Å²) in [6.07, 6.45) is 0. The van der Waals surface area contributed by atoms with Gasteiger partial charge in [0.2, 0.25) is 0 Å². The Morgan fingerprint density at radius 1 is 1.30 bits per heavy atom. The molecule has 10 heavy (non-hydrogen) atoms. The van der Waals surface area contributed by atoms with Crippen LogP contribution in [0.5, 0.6) is 0 Å². The number of halogens is 2. The van der Waals surface area contributed by atoms with Crippen LogP contribution in [0, 0.1) is 0 Å². The van der Waals surface area contributed by atoms with E-state index in [0.717, 1.165) is 5.02 Å². The summed E-state index contributed by atoms with van der Waals surface area (Å²) in [7, 11) is -0.175. The Labute approximate surface area is 73.0 Å². The molecule has 0 aliphatic carbocycles. The number of rotatable bonds is 1. The Balaban J connectivity index is 3.14. The molecule has 0 fully saturated rings. The van der Waals surface area contributed by atoms with Crippen molar-refractivity contribution in [3.05, 3.63) is 28.2 Å². The second-order valence-corrected chi connectivity index (χ2v) is 4.32. The molecular weight excluding hydrogens is 183 g/mol. The fourth-order valence-corrected chi connectivity index (χ4v) is 2.53. The Morgan fingerprint density at radius 3 is 2.50 bits per heavy atom. The highest BCUT2D eigenvalue weighted by Gasteiger charge is 2.00. The van der Waals surface area contributed by atoms with Crippen LogP contribution in [0.1, 0.15) is 0 Å². The van der Waals surface area contributed by atoms with E-state index in [1.54, 1.807) is 0 Å². The molecule has 0 aliphatic rings. The van der Waals surface area contributed by atoms with Crippen molar-refractivity contribution in [2.75, 3.05) is 0 Å². The highest BCUT2D eigenvalue weighted by atomic mass is 35.5. The summed E-state index contributed by atoms with van der Waals surface area (Å²) in [5.74, 6) is 0. The standard InChI is InChI=1S/C7H8Cl2Si/c1-10-6-4-2-3-5(8)7(6)9/h2-4H,10H2,1H3. The van der Waals surface area contributed by atoms with Crippen LogP contribution in [0.25, 0.3) is 0 Å². The van der Waals surface area contributed by atoms with Crippen molar-refractivity contribution >= 4 is 37.9 Å². The highest BCUT2D eigenvalue weighted by molar-refractivity contribution is 6.59. The van der Waals surface area contributed by atoms with E-state index in [9.17, 15) is 0 Å². The van der Waals surface area contributed by atoms with E-state index < -0.39 is 0 Å². The summed E-state index contributed by atoms with van der Waals surface area (Å²) in [6.45, 7) is 2.19. The summed E-state index contributed by atoms with van der Waals surface area (Å²) in [4.78, 5) is 0. The summed E-state index contributed by atoms with van der Waals surface area (Å²) >= 11 is 11.7. The number of hydrogen-bond donors (Lipinski definition) is 0. The molecule has 0 aliphatic heterocycles. The van der Waals surface area contributed by atoms with E-state index in [4.69, 9.17) is 23.2 Å². The van der Waals surface area contributed by atoms with Crippen LogP contribution in [0.4, 0.5) is 0 Å². The molecule has 1 rings (SSSR count). The fraction of sp³-hybridized carbons (Fsp3) is 0.143. The minimum Gasteiger partial charge on any atom is -0.0829 e. The first-order valence-corrected chi connectivity index (χ1v) is 6.06. The van der Waals surface area contributed by atoms with Crippen molar-refractivity contribution in [1.82, 2.24) is 0 Å². The van der Waals surface area contributed by atoms with Gasteiger partial charge in [-0.3, -0.25) is 0 Å². The summed E-state index contributed by atoms with van der Waals surface area (Å²) in [5.41, 5.74) is 0. The lowest BCUT2D eigenvalue weighted by Crippen LogP contribution is -2.11. The van der Waals surface area contributed by atoms with Crippen molar-refractivity contribution < 1.29 is 0 Å². The maximum atomic E-state index is 5.90. The lowest BCUT2D eigenvalue weighted by Gasteiger charge is -2.00. The maximum Gasteiger partial charge on any atom is 0.0590 e. The van der Waals surface area contributed by atoms with E-state index in [1.807, 2.05) is 18.2 Å². The third-order valence-electron chi connectivity index (χ3n) is 1.41. The van der Waals surface area contributed by atoms with Crippen LogP contribution in [0.15, 0.2) is 18.2 Å². The molecule has 1 aromatic carbocycles. The van der Waals surface area contributed by atoms with Gasteiger partial charge in [-0.25, -0.2) is 0 Å². The third kappa shape index (κ3) is 1.54. The van der Waals surface area contributed by atoms with Gasteiger partial charge in [-0.15, -0.1) is 0 Å². The number of hydrogen-bond acceptors (Lipinski definition) is 0. The summed E-state index contributed by atoms with van der Waals surface area (Å²) < 4.78 is 0. The largest absolute Gasteiger partial charge is 0.0829 e. The molecular formula is C7H8Cl2Si. The predicted octanol–water partition coefficient (Wildman–Crippen LogP) is 1.84. The van der Waals surface area contributed by atoms with Crippen molar-refractivity contribution in [3.8, 4) is 0 Å². The molecule has 54 valence electrons. The van der Waals surface area contributed by atoms with E-state index in [0.29, 0.717) is 5.02 Å². The van der Waals surface area contributed by atoms with E-state index in [2.05, 4.69) is 6.55 Å². The summed E-state index contributed by atoms with van der Waals surface area (Å²) in [5, 5.41) is 2.67. The SMILES string of the molecule is C[SiH2]c1cccc(Cl)c1Cl. The van der Waals surface area contributed by atoms with Gasteiger partial charge in [-0.2, -0.15) is 0 Å². The smallest absolute Gasteiger partial charge is 0.0590 e. The molecule has 0 bridgehead atoms. The van der Waals surface area contributed by atoms with Gasteiger partial charge < -0.3 is 0 Å². The molecule has 0 N–H and O–H groups in total. The van der Waals surface area contributed by atoms with Crippen LogP contribution >= 0.6 is 23.2 Å². The molecule has 1 aromatic rings. The zero-order valence-corrected chi connectivity index (χ0v) is 8.62. The van der Waals surface area contributed by atoms with Gasteiger partial charge in [0.15, 0.2) is 0 Å². The van der Waals surface area contributed by atoms with Gasteiger partial charge in [0.05, 0.1) is 19.6 Å². The van der Waals surface area contributed by atoms with E-state index >= 15 is 0 Å². The van der Waals surface area contributed by atoms with Crippen molar-refractivity contribution in [3.63, 3.8) is 0 Å². The topological polar surface area (TPSA) is 0 Å². The van der Waals surface area contributed by atoms with Gasteiger partial charge in [0, 0.05) is 0 Å². The second-order valence-electron chi connectivity index (χ2n) is 2.07. The van der Waals surface area contributed by atoms with Gasteiger partial charge >= 0.3 is 0 Å². The van der Waals surface area contributed by atoms with Gasteiger partial charge in [0.1, 0.15) is 0 Å². The molecule has 0 saturated carbocycles. The Bertz CT molecular complexity index is 235. The Morgan fingerprint density at radius 2 is 2.00 bits per heavy atom. The minimum atomic E-state index is -0.175. The first-order valence-electron chi connectivity index (χ1n) is 3.18. The molecule has 0 radical (unpaired) electrons. The van der Waals surface area contributed by atoms with Gasteiger partial charge in [0.25, 0.3) is 0 Å². The fourth-order valence-electron chi connectivity index (χ4n) is 0.822. The van der Waals surface area contributed by atoms with Crippen LogP contribution in [0.2, 0.25) is 16.6 Å². The lowest BCUT2D eigenvalue weighted by atomic mass is 10.4. The average molecular weight is 191 g/mol. The van der Waals surface area contributed by atoms with Crippen LogP contribution in [-0.2, 0) is 0 Å². The molecule has 3 heteroatoms. The van der Waals surface area contributed by atoms with Crippen LogP contribution in [-0.4, -0.2) is 9.52 Å². The zero-order valence-electron chi connectivity index (χ0n) is 5.70. The molecule has 0 aromatic heterocycles. The van der Waals surface area contributed by atoms with Gasteiger partial charge in [-0.05, 0) is 11.3 Å². The molecule has 0 amide bonds. The third-order valence-corrected chi connectivity index (χ3v) is 3.85. The predicted molar refractivity (Wildman–Crippen MR) is 50.5 cm³/mol. The average Bonchev–Trinajstić information content (AvgIpc) is 1.95. The van der Waals surface area contributed by atoms with Gasteiger partial charge in [-0.1, -0.05) is 41.9 Å². The monoisotopic (exact) mass is 190 g/mol. The first kappa shape index (κ1) is 8.12. The normalized spacial score (nSPS) is 11.1. The second kappa shape index (κ2) is 3.42.